The molecule has 0 heterocycles. The summed E-state index contributed by atoms with van der Waals surface area (Å²) in [6, 6.07) is 18.1. The van der Waals surface area contributed by atoms with E-state index in [1.54, 1.807) is 43.3 Å². The lowest BCUT2D eigenvalue weighted by molar-refractivity contribution is -0.384. The average Bonchev–Trinajstić information content (AvgIpc) is 2.76. The van der Waals surface area contributed by atoms with Gasteiger partial charge in [0.2, 0.25) is 5.91 Å². The number of hydrogen-bond acceptors (Lipinski definition) is 5. The van der Waals surface area contributed by atoms with Crippen molar-refractivity contribution in [2.24, 2.45) is 0 Å². The Balaban J connectivity index is 1.57. The maximum absolute atomic E-state index is 13.7. The van der Waals surface area contributed by atoms with E-state index in [1.807, 2.05) is 0 Å². The van der Waals surface area contributed by atoms with Gasteiger partial charge in [0.15, 0.2) is 0 Å². The summed E-state index contributed by atoms with van der Waals surface area (Å²) in [5, 5.41) is 15.5. The van der Waals surface area contributed by atoms with Crippen LogP contribution in [0.5, 0.6) is 0 Å². The number of amides is 2. The minimum atomic E-state index is -0.532. The van der Waals surface area contributed by atoms with Crippen LogP contribution in [0.3, 0.4) is 0 Å². The van der Waals surface area contributed by atoms with E-state index in [-0.39, 0.29) is 17.3 Å². The second-order valence-corrected chi connectivity index (χ2v) is 7.93. The van der Waals surface area contributed by atoms with Gasteiger partial charge in [0, 0.05) is 28.3 Å². The molecule has 0 saturated carbocycles. The van der Waals surface area contributed by atoms with Gasteiger partial charge in [0.05, 0.1) is 15.9 Å². The lowest BCUT2D eigenvalue weighted by Crippen LogP contribution is -2.22. The molecule has 0 fully saturated rings. The van der Waals surface area contributed by atoms with Crippen LogP contribution in [-0.4, -0.2) is 22.0 Å². The topological polar surface area (TPSA) is 101 Å². The van der Waals surface area contributed by atoms with E-state index >= 15 is 0 Å². The number of carbonyl (C=O) groups is 2. The first-order valence-corrected chi connectivity index (χ1v) is 10.1. The number of rotatable bonds is 7. The Bertz CT molecular complexity index is 1100. The Morgan fingerprint density at radius 1 is 0.968 bits per heavy atom. The zero-order valence-electron chi connectivity index (χ0n) is 16.4. The molecule has 3 aromatic rings. The van der Waals surface area contributed by atoms with Crippen molar-refractivity contribution >= 4 is 40.6 Å². The standard InChI is InChI=1S/C22H18FN3O4S/c1-14(21(27)25-20-5-3-2-4-19(20)23)31-18-12-8-16(9-13-18)24-22(28)15-6-10-17(11-7-15)26(29)30/h2-14H,1H3,(H,24,28)(H,25,27). The van der Waals surface area contributed by atoms with E-state index in [0.717, 1.165) is 4.90 Å². The Labute approximate surface area is 181 Å². The number of nitro benzene ring substituents is 1. The fourth-order valence-electron chi connectivity index (χ4n) is 2.61. The lowest BCUT2D eigenvalue weighted by Gasteiger charge is -2.13. The molecular weight excluding hydrogens is 421 g/mol. The van der Waals surface area contributed by atoms with Crippen LogP contribution >= 0.6 is 11.8 Å². The number of benzene rings is 3. The van der Waals surface area contributed by atoms with Gasteiger partial charge in [-0.1, -0.05) is 12.1 Å². The minimum Gasteiger partial charge on any atom is -0.323 e. The number of hydrogen-bond donors (Lipinski definition) is 2. The first kappa shape index (κ1) is 22.0. The Hall–Kier alpha value is -3.72. The zero-order chi connectivity index (χ0) is 22.4. The zero-order valence-corrected chi connectivity index (χ0v) is 17.2. The highest BCUT2D eigenvalue weighted by atomic mass is 32.2. The number of non-ortho nitro benzene ring substituents is 1. The molecule has 2 N–H and O–H groups in total. The molecule has 9 heteroatoms. The quantitative estimate of drug-likeness (QED) is 0.303. The van der Waals surface area contributed by atoms with E-state index in [4.69, 9.17) is 0 Å². The number of thioether (sulfide) groups is 1. The van der Waals surface area contributed by atoms with E-state index in [1.165, 1.54) is 48.2 Å². The van der Waals surface area contributed by atoms with Crippen molar-refractivity contribution < 1.29 is 18.9 Å². The van der Waals surface area contributed by atoms with Crippen molar-refractivity contribution in [1.82, 2.24) is 0 Å². The summed E-state index contributed by atoms with van der Waals surface area (Å²) in [5.41, 5.74) is 0.869. The van der Waals surface area contributed by atoms with Crippen LogP contribution in [0.2, 0.25) is 0 Å². The third-order valence-corrected chi connectivity index (χ3v) is 5.38. The number of halogens is 1. The molecule has 0 aromatic heterocycles. The molecule has 0 spiro atoms. The monoisotopic (exact) mass is 439 g/mol. The molecule has 0 saturated heterocycles. The van der Waals surface area contributed by atoms with E-state index in [2.05, 4.69) is 10.6 Å². The SMILES string of the molecule is CC(Sc1ccc(NC(=O)c2ccc([N+](=O)[O-])cc2)cc1)C(=O)Nc1ccccc1F. The summed E-state index contributed by atoms with van der Waals surface area (Å²) < 4.78 is 13.7. The second-order valence-electron chi connectivity index (χ2n) is 6.51. The fraction of sp³-hybridized carbons (Fsp3) is 0.0909. The molecule has 1 atom stereocenters. The molecule has 31 heavy (non-hydrogen) atoms. The molecule has 0 aliphatic rings. The van der Waals surface area contributed by atoms with Crippen LogP contribution in [0.4, 0.5) is 21.5 Å². The first-order chi connectivity index (χ1) is 14.8. The van der Waals surface area contributed by atoms with Crippen molar-refractivity contribution in [3.63, 3.8) is 0 Å². The number of nitro groups is 1. The van der Waals surface area contributed by atoms with E-state index < -0.39 is 21.9 Å². The highest BCUT2D eigenvalue weighted by Gasteiger charge is 2.16. The molecule has 2 amide bonds. The highest BCUT2D eigenvalue weighted by molar-refractivity contribution is 8.00. The van der Waals surface area contributed by atoms with Gasteiger partial charge in [-0.3, -0.25) is 19.7 Å². The van der Waals surface area contributed by atoms with Gasteiger partial charge in [0.25, 0.3) is 11.6 Å². The van der Waals surface area contributed by atoms with E-state index in [0.29, 0.717) is 11.3 Å². The highest BCUT2D eigenvalue weighted by Crippen LogP contribution is 2.26. The summed E-state index contributed by atoms with van der Waals surface area (Å²) in [4.78, 5) is 35.5. The van der Waals surface area contributed by atoms with Gasteiger partial charge >= 0.3 is 0 Å². The van der Waals surface area contributed by atoms with Crippen LogP contribution in [0.25, 0.3) is 0 Å². The molecule has 3 aromatic carbocycles. The number of nitrogens with zero attached hydrogens (tertiary/aromatic N) is 1. The molecule has 0 bridgehead atoms. The second kappa shape index (κ2) is 9.86. The van der Waals surface area contributed by atoms with Crippen molar-refractivity contribution in [3.8, 4) is 0 Å². The summed E-state index contributed by atoms with van der Waals surface area (Å²) in [6.07, 6.45) is 0. The van der Waals surface area contributed by atoms with Gasteiger partial charge < -0.3 is 10.6 Å². The van der Waals surface area contributed by atoms with Gasteiger partial charge in [-0.15, -0.1) is 11.8 Å². The third-order valence-electron chi connectivity index (χ3n) is 4.27. The third kappa shape index (κ3) is 5.89. The summed E-state index contributed by atoms with van der Waals surface area (Å²) in [7, 11) is 0. The van der Waals surface area contributed by atoms with E-state index in [9.17, 15) is 24.1 Å². The van der Waals surface area contributed by atoms with Crippen LogP contribution in [0.15, 0.2) is 77.7 Å². The van der Waals surface area contributed by atoms with Gasteiger partial charge in [-0.05, 0) is 55.5 Å². The number of anilines is 2. The van der Waals surface area contributed by atoms with Crippen molar-refractivity contribution in [1.29, 1.82) is 0 Å². The smallest absolute Gasteiger partial charge is 0.269 e. The molecular formula is C22H18FN3O4S. The minimum absolute atomic E-state index is 0.0916. The molecule has 0 aliphatic carbocycles. The Morgan fingerprint density at radius 2 is 1.61 bits per heavy atom. The maximum Gasteiger partial charge on any atom is 0.269 e. The predicted molar refractivity (Wildman–Crippen MR) is 118 cm³/mol. The van der Waals surface area contributed by atoms with Crippen LogP contribution in [-0.2, 0) is 4.79 Å². The molecule has 158 valence electrons. The molecule has 7 nitrogen and oxygen atoms in total. The van der Waals surface area contributed by atoms with Crippen LogP contribution in [0, 0.1) is 15.9 Å². The van der Waals surface area contributed by atoms with Crippen LogP contribution in [0.1, 0.15) is 17.3 Å². The summed E-state index contributed by atoms with van der Waals surface area (Å²) in [6.45, 7) is 1.71. The van der Waals surface area contributed by atoms with Crippen molar-refractivity contribution in [2.75, 3.05) is 10.6 Å². The molecule has 0 radical (unpaired) electrons. The Kier molecular flexibility index (Phi) is 6.99. The first-order valence-electron chi connectivity index (χ1n) is 9.21. The largest absolute Gasteiger partial charge is 0.323 e. The summed E-state index contributed by atoms with van der Waals surface area (Å²) >= 11 is 1.29. The van der Waals surface area contributed by atoms with Crippen molar-refractivity contribution in [2.45, 2.75) is 17.1 Å². The molecule has 1 unspecified atom stereocenters. The summed E-state index contributed by atoms with van der Waals surface area (Å²) in [5.74, 6) is -1.22. The number of para-hydroxylation sites is 1. The number of carbonyl (C=O) groups excluding carboxylic acids is 2. The fourth-order valence-corrected chi connectivity index (χ4v) is 3.48. The number of nitrogens with one attached hydrogen (secondary N) is 2. The van der Waals surface area contributed by atoms with Gasteiger partial charge in [-0.2, -0.15) is 0 Å². The Morgan fingerprint density at radius 3 is 2.23 bits per heavy atom. The van der Waals surface area contributed by atoms with Gasteiger partial charge in [0.1, 0.15) is 5.82 Å². The predicted octanol–water partition coefficient (Wildman–Crippen LogP) is 5.11. The van der Waals surface area contributed by atoms with Gasteiger partial charge in [-0.25, -0.2) is 4.39 Å². The maximum atomic E-state index is 13.7. The average molecular weight is 439 g/mol. The normalized spacial score (nSPS) is 11.4. The lowest BCUT2D eigenvalue weighted by atomic mass is 10.2. The molecule has 3 rings (SSSR count). The van der Waals surface area contributed by atoms with Crippen LogP contribution < -0.4 is 10.6 Å². The molecule has 0 aliphatic heterocycles. The van der Waals surface area contributed by atoms with Crippen molar-refractivity contribution in [3.05, 3.63) is 94.3 Å².